The number of phenolic OH excluding ortho intramolecular Hbond substituents is 1. The van der Waals surface area contributed by atoms with Crippen molar-refractivity contribution in [2.24, 2.45) is 11.8 Å². The lowest BCUT2D eigenvalue weighted by Gasteiger charge is -2.37. The van der Waals surface area contributed by atoms with Gasteiger partial charge in [0.25, 0.3) is 0 Å². The highest BCUT2D eigenvalue weighted by Crippen LogP contribution is 2.65. The predicted octanol–water partition coefficient (Wildman–Crippen LogP) is 3.04. The number of carbonyl (C=O) groups is 1. The van der Waals surface area contributed by atoms with Gasteiger partial charge in [-0.05, 0) is 42.3 Å². The Morgan fingerprint density at radius 3 is 2.42 bits per heavy atom. The quantitative estimate of drug-likeness (QED) is 0.867. The lowest BCUT2D eigenvalue weighted by atomic mass is 9.73. The Kier molecular flexibility index (Phi) is 3.41. The van der Waals surface area contributed by atoms with Crippen LogP contribution >= 0.6 is 0 Å². The maximum absolute atomic E-state index is 13.2. The molecule has 0 amide bonds. The highest BCUT2D eigenvalue weighted by atomic mass is 16.5. The number of carbonyl (C=O) groups excluding carboxylic acids is 1. The molecule has 0 saturated heterocycles. The molecule has 2 aromatic carbocycles. The van der Waals surface area contributed by atoms with E-state index in [0.29, 0.717) is 17.1 Å². The highest BCUT2D eigenvalue weighted by molar-refractivity contribution is 5.97. The first kappa shape index (κ1) is 16.9. The smallest absolute Gasteiger partial charge is 0.200 e. The standard InChI is InChI=1S/C21H22O5/c1-11-9-16(22)18-17(10-11)26-21(14-5-7-15(25-4)8-6-14)13(3)12(2)19(23)20(18,21)24/h5-10,12-13,22,24H,1-4H3. The van der Waals surface area contributed by atoms with E-state index in [2.05, 4.69) is 0 Å². The number of methoxy groups -OCH3 is 1. The molecule has 2 aliphatic rings. The van der Waals surface area contributed by atoms with Gasteiger partial charge in [0.05, 0.1) is 12.7 Å². The van der Waals surface area contributed by atoms with E-state index in [1.165, 1.54) is 0 Å². The fourth-order valence-electron chi connectivity index (χ4n) is 4.62. The molecule has 4 rings (SSSR count). The average Bonchev–Trinajstić information content (AvgIpc) is 2.96. The lowest BCUT2D eigenvalue weighted by molar-refractivity contribution is -0.153. The number of Topliss-reactive ketones (excluding diaryl/α,β-unsaturated/α-hetero) is 1. The number of fused-ring (bicyclic) bond motifs is 3. The maximum atomic E-state index is 13.2. The number of aromatic hydroxyl groups is 1. The summed E-state index contributed by atoms with van der Waals surface area (Å²) in [5.41, 5.74) is -1.58. The summed E-state index contributed by atoms with van der Waals surface area (Å²) in [5.74, 6) is -0.136. The first-order valence-corrected chi connectivity index (χ1v) is 8.71. The Morgan fingerprint density at radius 1 is 1.15 bits per heavy atom. The molecular weight excluding hydrogens is 332 g/mol. The molecule has 1 heterocycles. The van der Waals surface area contributed by atoms with Crippen molar-refractivity contribution in [2.75, 3.05) is 7.11 Å². The van der Waals surface area contributed by atoms with Gasteiger partial charge < -0.3 is 19.7 Å². The van der Waals surface area contributed by atoms with Crippen LogP contribution in [-0.4, -0.2) is 23.1 Å². The third kappa shape index (κ3) is 1.76. The van der Waals surface area contributed by atoms with E-state index < -0.39 is 17.1 Å². The zero-order chi connectivity index (χ0) is 18.9. The Hall–Kier alpha value is -2.53. The molecule has 1 aliphatic heterocycles. The van der Waals surface area contributed by atoms with Gasteiger partial charge in [-0.25, -0.2) is 0 Å². The Bertz CT molecular complexity index is 903. The SMILES string of the molecule is COc1ccc(C23Oc4cc(C)cc(O)c4C2(O)C(=O)C(C)C3C)cc1. The normalized spacial score (nSPS) is 32.1. The molecule has 0 aromatic heterocycles. The summed E-state index contributed by atoms with van der Waals surface area (Å²) in [7, 11) is 1.58. The molecule has 2 N–H and O–H groups in total. The molecule has 1 fully saturated rings. The number of aliphatic hydroxyl groups is 1. The van der Waals surface area contributed by atoms with E-state index in [-0.39, 0.29) is 23.0 Å². The number of aryl methyl sites for hydroxylation is 1. The minimum Gasteiger partial charge on any atom is -0.507 e. The van der Waals surface area contributed by atoms with Crippen molar-refractivity contribution >= 4 is 5.78 Å². The van der Waals surface area contributed by atoms with Gasteiger partial charge in [0.15, 0.2) is 17.0 Å². The summed E-state index contributed by atoms with van der Waals surface area (Å²) >= 11 is 0. The predicted molar refractivity (Wildman–Crippen MR) is 95.4 cm³/mol. The van der Waals surface area contributed by atoms with Crippen LogP contribution in [0.4, 0.5) is 0 Å². The third-order valence-electron chi connectivity index (χ3n) is 6.08. The number of ketones is 1. The van der Waals surface area contributed by atoms with Gasteiger partial charge >= 0.3 is 0 Å². The van der Waals surface area contributed by atoms with Gasteiger partial charge in [0.2, 0.25) is 0 Å². The molecule has 4 atom stereocenters. The molecule has 0 bridgehead atoms. The Morgan fingerprint density at radius 2 is 1.81 bits per heavy atom. The average molecular weight is 354 g/mol. The van der Waals surface area contributed by atoms with Crippen LogP contribution in [0, 0.1) is 18.8 Å². The van der Waals surface area contributed by atoms with E-state index in [4.69, 9.17) is 9.47 Å². The van der Waals surface area contributed by atoms with Crippen molar-refractivity contribution in [1.82, 2.24) is 0 Å². The molecule has 1 aliphatic carbocycles. The summed E-state index contributed by atoms with van der Waals surface area (Å²) in [5, 5.41) is 22.3. The van der Waals surface area contributed by atoms with Crippen LogP contribution in [0.5, 0.6) is 17.2 Å². The second-order valence-corrected chi connectivity index (χ2v) is 7.38. The first-order chi connectivity index (χ1) is 12.3. The van der Waals surface area contributed by atoms with Crippen molar-refractivity contribution in [3.8, 4) is 17.2 Å². The van der Waals surface area contributed by atoms with Crippen LogP contribution in [0.15, 0.2) is 36.4 Å². The van der Waals surface area contributed by atoms with Crippen molar-refractivity contribution in [3.05, 3.63) is 53.1 Å². The summed E-state index contributed by atoms with van der Waals surface area (Å²) < 4.78 is 11.5. The molecule has 0 spiro atoms. The van der Waals surface area contributed by atoms with Crippen LogP contribution in [0.25, 0.3) is 0 Å². The fourth-order valence-corrected chi connectivity index (χ4v) is 4.62. The number of ether oxygens (including phenoxy) is 2. The summed E-state index contributed by atoms with van der Waals surface area (Å²) in [6.07, 6.45) is 0. The molecule has 4 unspecified atom stereocenters. The lowest BCUT2D eigenvalue weighted by Crippen LogP contribution is -2.50. The van der Waals surface area contributed by atoms with Crippen LogP contribution in [-0.2, 0) is 16.0 Å². The molecule has 26 heavy (non-hydrogen) atoms. The van der Waals surface area contributed by atoms with Crippen molar-refractivity contribution < 1.29 is 24.5 Å². The van der Waals surface area contributed by atoms with Crippen LogP contribution in [0.2, 0.25) is 0 Å². The third-order valence-corrected chi connectivity index (χ3v) is 6.08. The summed E-state index contributed by atoms with van der Waals surface area (Å²) in [6, 6.07) is 10.5. The van der Waals surface area contributed by atoms with Crippen LogP contribution < -0.4 is 9.47 Å². The maximum Gasteiger partial charge on any atom is 0.200 e. The van der Waals surface area contributed by atoms with E-state index in [9.17, 15) is 15.0 Å². The van der Waals surface area contributed by atoms with E-state index in [1.54, 1.807) is 50.4 Å². The molecule has 136 valence electrons. The van der Waals surface area contributed by atoms with Crippen molar-refractivity contribution in [2.45, 2.75) is 32.0 Å². The minimum atomic E-state index is -1.94. The van der Waals surface area contributed by atoms with Gasteiger partial charge in [-0.1, -0.05) is 26.0 Å². The Labute approximate surface area is 152 Å². The van der Waals surface area contributed by atoms with Gasteiger partial charge in [-0.2, -0.15) is 0 Å². The fraction of sp³-hybridized carbons (Fsp3) is 0.381. The van der Waals surface area contributed by atoms with Gasteiger partial charge in [0, 0.05) is 11.8 Å². The van der Waals surface area contributed by atoms with Crippen LogP contribution in [0.1, 0.15) is 30.5 Å². The van der Waals surface area contributed by atoms with Gasteiger partial charge in [0.1, 0.15) is 17.2 Å². The molecule has 5 nitrogen and oxygen atoms in total. The zero-order valence-electron chi connectivity index (χ0n) is 15.2. The topological polar surface area (TPSA) is 76.0 Å². The number of phenols is 1. The number of benzene rings is 2. The van der Waals surface area contributed by atoms with E-state index in [1.807, 2.05) is 13.8 Å². The van der Waals surface area contributed by atoms with E-state index >= 15 is 0 Å². The second-order valence-electron chi connectivity index (χ2n) is 7.38. The second kappa shape index (κ2) is 5.24. The van der Waals surface area contributed by atoms with Crippen molar-refractivity contribution in [1.29, 1.82) is 0 Å². The molecule has 0 radical (unpaired) electrons. The first-order valence-electron chi connectivity index (χ1n) is 8.71. The summed E-state index contributed by atoms with van der Waals surface area (Å²) in [6.45, 7) is 5.53. The number of rotatable bonds is 2. The van der Waals surface area contributed by atoms with Gasteiger partial charge in [-0.3, -0.25) is 4.79 Å². The van der Waals surface area contributed by atoms with E-state index in [0.717, 1.165) is 5.56 Å². The summed E-state index contributed by atoms with van der Waals surface area (Å²) in [4.78, 5) is 13.2. The van der Waals surface area contributed by atoms with Crippen LogP contribution in [0.3, 0.4) is 0 Å². The molecule has 2 aromatic rings. The number of hydrogen-bond donors (Lipinski definition) is 2. The molecular formula is C21H22O5. The Balaban J connectivity index is 2.02. The van der Waals surface area contributed by atoms with Crippen molar-refractivity contribution in [3.63, 3.8) is 0 Å². The number of hydrogen-bond acceptors (Lipinski definition) is 5. The minimum absolute atomic E-state index is 0.118. The largest absolute Gasteiger partial charge is 0.507 e. The zero-order valence-corrected chi connectivity index (χ0v) is 15.2. The monoisotopic (exact) mass is 354 g/mol. The van der Waals surface area contributed by atoms with Gasteiger partial charge in [-0.15, -0.1) is 0 Å². The molecule has 5 heteroatoms. The highest BCUT2D eigenvalue weighted by Gasteiger charge is 2.74. The molecule has 1 saturated carbocycles.